The molecule has 0 fully saturated rings. The van der Waals surface area contributed by atoms with Gasteiger partial charge in [-0.15, -0.1) is 0 Å². The molecule has 0 saturated heterocycles. The summed E-state index contributed by atoms with van der Waals surface area (Å²) in [6.45, 7) is 2.03. The number of aryl methyl sites for hydroxylation is 1. The summed E-state index contributed by atoms with van der Waals surface area (Å²) >= 11 is 0. The molecule has 3 nitrogen and oxygen atoms in total. The predicted octanol–water partition coefficient (Wildman–Crippen LogP) is 3.51. The Morgan fingerprint density at radius 2 is 1.94 bits per heavy atom. The van der Waals surface area contributed by atoms with Crippen LogP contribution in [0, 0.1) is 6.92 Å². The van der Waals surface area contributed by atoms with Crippen molar-refractivity contribution in [3.63, 3.8) is 0 Å². The number of hydrogen-bond donors (Lipinski definition) is 1. The number of phenols is 1. The van der Waals surface area contributed by atoms with E-state index in [-0.39, 0.29) is 5.75 Å². The lowest BCUT2D eigenvalue weighted by molar-refractivity contribution is 0.424. The average Bonchev–Trinajstić information content (AvgIpc) is 2.74. The van der Waals surface area contributed by atoms with Gasteiger partial charge in [-0.05, 0) is 25.1 Å². The molecule has 2 aromatic carbocycles. The Hall–Kier alpha value is -2.29. The normalized spacial score (nSPS) is 10.9. The third-order valence-electron chi connectivity index (χ3n) is 2.77. The maximum absolute atomic E-state index is 9.65. The molecule has 0 aliphatic heterocycles. The molecule has 0 atom stereocenters. The molecule has 0 bridgehead atoms. The van der Waals surface area contributed by atoms with Crippen molar-refractivity contribution >= 4 is 11.0 Å². The van der Waals surface area contributed by atoms with E-state index >= 15 is 0 Å². The minimum atomic E-state index is 0.119. The van der Waals surface area contributed by atoms with Gasteiger partial charge >= 0.3 is 0 Å². The average molecular weight is 225 g/mol. The van der Waals surface area contributed by atoms with Gasteiger partial charge < -0.3 is 9.63 Å². The maximum Gasteiger partial charge on any atom is 0.209 e. The Morgan fingerprint density at radius 1 is 1.12 bits per heavy atom. The number of benzene rings is 2. The second-order valence-corrected chi connectivity index (χ2v) is 4.05. The molecule has 17 heavy (non-hydrogen) atoms. The number of fused-ring (bicyclic) bond motifs is 1. The van der Waals surface area contributed by atoms with E-state index in [1.54, 1.807) is 12.1 Å². The maximum atomic E-state index is 9.65. The molecule has 3 heteroatoms. The summed E-state index contributed by atoms with van der Waals surface area (Å²) < 4.78 is 5.17. The molecule has 0 saturated carbocycles. The van der Waals surface area contributed by atoms with Crippen molar-refractivity contribution in [1.29, 1.82) is 0 Å². The quantitative estimate of drug-likeness (QED) is 0.689. The fourth-order valence-electron chi connectivity index (χ4n) is 1.95. The number of rotatable bonds is 1. The lowest BCUT2D eigenvalue weighted by Gasteiger charge is -1.98. The van der Waals surface area contributed by atoms with Crippen LogP contribution in [-0.4, -0.2) is 10.3 Å². The number of para-hydroxylation sites is 1. The van der Waals surface area contributed by atoms with Crippen LogP contribution in [0.2, 0.25) is 0 Å². The van der Waals surface area contributed by atoms with Gasteiger partial charge in [-0.25, -0.2) is 0 Å². The molecule has 1 aromatic heterocycles. The van der Waals surface area contributed by atoms with Crippen LogP contribution in [0.25, 0.3) is 22.2 Å². The monoisotopic (exact) mass is 225 g/mol. The van der Waals surface area contributed by atoms with Gasteiger partial charge in [0, 0.05) is 5.56 Å². The van der Waals surface area contributed by atoms with E-state index in [0.717, 1.165) is 16.6 Å². The summed E-state index contributed by atoms with van der Waals surface area (Å²) in [5, 5.41) is 14.5. The SMILES string of the molecule is Cc1cccc(-c2noc3c(O)cccc23)c1. The van der Waals surface area contributed by atoms with Crippen molar-refractivity contribution in [2.45, 2.75) is 6.92 Å². The zero-order chi connectivity index (χ0) is 11.8. The molecule has 0 unspecified atom stereocenters. The van der Waals surface area contributed by atoms with Crippen molar-refractivity contribution in [1.82, 2.24) is 5.16 Å². The van der Waals surface area contributed by atoms with E-state index in [4.69, 9.17) is 4.52 Å². The number of nitrogens with zero attached hydrogens (tertiary/aromatic N) is 1. The molecule has 84 valence electrons. The lowest BCUT2D eigenvalue weighted by atomic mass is 10.1. The topological polar surface area (TPSA) is 46.3 Å². The van der Waals surface area contributed by atoms with Crippen LogP contribution in [0.1, 0.15) is 5.56 Å². The Balaban J connectivity index is 2.28. The summed E-state index contributed by atoms with van der Waals surface area (Å²) in [6.07, 6.45) is 0. The van der Waals surface area contributed by atoms with Crippen LogP contribution in [0.3, 0.4) is 0 Å². The smallest absolute Gasteiger partial charge is 0.209 e. The summed E-state index contributed by atoms with van der Waals surface area (Å²) in [6, 6.07) is 13.3. The number of aromatic nitrogens is 1. The molecule has 0 radical (unpaired) electrons. The molecule has 1 heterocycles. The second kappa shape index (κ2) is 3.63. The van der Waals surface area contributed by atoms with Gasteiger partial charge in [-0.2, -0.15) is 0 Å². The van der Waals surface area contributed by atoms with Crippen LogP contribution in [0.5, 0.6) is 5.75 Å². The zero-order valence-electron chi connectivity index (χ0n) is 9.34. The van der Waals surface area contributed by atoms with Crippen molar-refractivity contribution in [2.75, 3.05) is 0 Å². The summed E-state index contributed by atoms with van der Waals surface area (Å²) in [7, 11) is 0. The third kappa shape index (κ3) is 1.56. The molecular weight excluding hydrogens is 214 g/mol. The highest BCUT2D eigenvalue weighted by molar-refractivity contribution is 5.94. The summed E-state index contributed by atoms with van der Waals surface area (Å²) in [5.41, 5.74) is 3.36. The molecular formula is C14H11NO2. The Morgan fingerprint density at radius 3 is 2.76 bits per heavy atom. The van der Waals surface area contributed by atoms with Crippen molar-refractivity contribution < 1.29 is 9.63 Å². The van der Waals surface area contributed by atoms with E-state index < -0.39 is 0 Å². The highest BCUT2D eigenvalue weighted by Crippen LogP contribution is 2.32. The highest BCUT2D eigenvalue weighted by atomic mass is 16.5. The van der Waals surface area contributed by atoms with E-state index in [0.29, 0.717) is 5.58 Å². The van der Waals surface area contributed by atoms with Gasteiger partial charge in [0.25, 0.3) is 0 Å². The molecule has 0 amide bonds. The first-order valence-electron chi connectivity index (χ1n) is 5.40. The lowest BCUT2D eigenvalue weighted by Crippen LogP contribution is -1.79. The number of aromatic hydroxyl groups is 1. The number of hydrogen-bond acceptors (Lipinski definition) is 3. The van der Waals surface area contributed by atoms with E-state index in [2.05, 4.69) is 5.16 Å². The molecule has 3 rings (SSSR count). The highest BCUT2D eigenvalue weighted by Gasteiger charge is 2.12. The fourth-order valence-corrected chi connectivity index (χ4v) is 1.95. The predicted molar refractivity (Wildman–Crippen MR) is 65.8 cm³/mol. The first-order chi connectivity index (χ1) is 8.25. The molecule has 0 aliphatic carbocycles. The Kier molecular flexibility index (Phi) is 2.11. The van der Waals surface area contributed by atoms with Crippen molar-refractivity contribution in [2.24, 2.45) is 0 Å². The minimum absolute atomic E-state index is 0.119. The second-order valence-electron chi connectivity index (χ2n) is 4.05. The van der Waals surface area contributed by atoms with Crippen LogP contribution < -0.4 is 0 Å². The Bertz CT molecular complexity index is 686. The van der Waals surface area contributed by atoms with Gasteiger partial charge in [0.15, 0.2) is 5.75 Å². The van der Waals surface area contributed by atoms with E-state index in [1.807, 2.05) is 37.3 Å². The van der Waals surface area contributed by atoms with Crippen LogP contribution >= 0.6 is 0 Å². The third-order valence-corrected chi connectivity index (χ3v) is 2.77. The molecule has 3 aromatic rings. The van der Waals surface area contributed by atoms with Gasteiger partial charge in [-0.1, -0.05) is 35.0 Å². The van der Waals surface area contributed by atoms with Gasteiger partial charge in [-0.3, -0.25) is 0 Å². The molecule has 0 aliphatic rings. The van der Waals surface area contributed by atoms with Gasteiger partial charge in [0.2, 0.25) is 5.58 Å². The summed E-state index contributed by atoms with van der Waals surface area (Å²) in [4.78, 5) is 0. The van der Waals surface area contributed by atoms with Gasteiger partial charge in [0.1, 0.15) is 5.69 Å². The molecule has 0 spiro atoms. The standard InChI is InChI=1S/C14H11NO2/c1-9-4-2-5-10(8-9)13-11-6-3-7-12(16)14(11)17-15-13/h2-8,16H,1H3. The summed E-state index contributed by atoms with van der Waals surface area (Å²) in [5.74, 6) is 0.119. The van der Waals surface area contributed by atoms with Crippen LogP contribution in [0.4, 0.5) is 0 Å². The molecule has 1 N–H and O–H groups in total. The van der Waals surface area contributed by atoms with E-state index in [1.165, 1.54) is 5.56 Å². The van der Waals surface area contributed by atoms with E-state index in [9.17, 15) is 5.11 Å². The first kappa shape index (κ1) is 9.90. The van der Waals surface area contributed by atoms with Crippen LogP contribution in [-0.2, 0) is 0 Å². The fraction of sp³-hybridized carbons (Fsp3) is 0.0714. The largest absolute Gasteiger partial charge is 0.504 e. The minimum Gasteiger partial charge on any atom is -0.504 e. The number of phenolic OH excluding ortho intramolecular Hbond substituents is 1. The van der Waals surface area contributed by atoms with Gasteiger partial charge in [0.05, 0.1) is 5.39 Å². The van der Waals surface area contributed by atoms with Crippen molar-refractivity contribution in [3.05, 3.63) is 48.0 Å². The van der Waals surface area contributed by atoms with Crippen molar-refractivity contribution in [3.8, 4) is 17.0 Å². The first-order valence-corrected chi connectivity index (χ1v) is 5.40. The zero-order valence-corrected chi connectivity index (χ0v) is 9.34. The Labute approximate surface area is 98.3 Å². The van der Waals surface area contributed by atoms with Crippen LogP contribution in [0.15, 0.2) is 47.0 Å².